The first-order chi connectivity index (χ1) is 10.1. The van der Waals surface area contributed by atoms with Crippen molar-refractivity contribution in [3.05, 3.63) is 11.6 Å². The number of hydrogen-bond acceptors (Lipinski definition) is 2. The van der Waals surface area contributed by atoms with Crippen LogP contribution in [0, 0.1) is 29.1 Å². The minimum Gasteiger partial charge on any atom is -0.390 e. The molecule has 2 N–H and O–H groups in total. The number of hydrogen-bond donors (Lipinski definition) is 2. The van der Waals surface area contributed by atoms with Gasteiger partial charge in [-0.2, -0.15) is 0 Å². The number of rotatable bonds is 3. The van der Waals surface area contributed by atoms with Crippen LogP contribution in [0.15, 0.2) is 11.6 Å². The molecule has 3 saturated carbocycles. The van der Waals surface area contributed by atoms with Crippen LogP contribution in [0.25, 0.3) is 0 Å². The van der Waals surface area contributed by atoms with E-state index in [4.69, 9.17) is 0 Å². The first-order valence-corrected chi connectivity index (χ1v) is 9.18. The average molecular weight is 306 g/mol. The largest absolute Gasteiger partial charge is 0.390 e. The molecule has 0 aromatic rings. The van der Waals surface area contributed by atoms with E-state index < -0.39 is 11.2 Å². The van der Waals surface area contributed by atoms with Crippen molar-refractivity contribution in [3.63, 3.8) is 0 Å². The molecule has 3 fully saturated rings. The molecule has 126 valence electrons. The molecule has 0 saturated heterocycles. The van der Waals surface area contributed by atoms with Gasteiger partial charge in [0, 0.05) is 0 Å². The molecule has 0 aromatic carbocycles. The molecule has 3 rings (SSSR count). The highest BCUT2D eigenvalue weighted by atomic mass is 16.3. The summed E-state index contributed by atoms with van der Waals surface area (Å²) in [6, 6.07) is 0. The Bertz CT molecular complexity index is 472. The molecule has 2 heteroatoms. The molecule has 3 aliphatic rings. The molecule has 0 bridgehead atoms. The summed E-state index contributed by atoms with van der Waals surface area (Å²) in [5.41, 5.74) is 0.605. The molecule has 7 atom stereocenters. The molecule has 0 aromatic heterocycles. The number of aliphatic hydroxyl groups is 2. The lowest BCUT2D eigenvalue weighted by Crippen LogP contribution is -2.43. The van der Waals surface area contributed by atoms with Crippen LogP contribution < -0.4 is 0 Å². The number of allylic oxidation sites excluding steroid dienone is 2. The standard InChI is InChI=1S/C20H34O2/c1-13(2)7-6-10-18(3)14-8-11-19(4,21)15-9-12-20(5,22)17(15)16(14)18/h7,14-17,21-22H,6,8-12H2,1-5H3/t14-,15+,16-,17-,18+,19-,20-/m1/s1. The van der Waals surface area contributed by atoms with Crippen molar-refractivity contribution in [1.29, 1.82) is 0 Å². The van der Waals surface area contributed by atoms with Crippen molar-refractivity contribution in [1.82, 2.24) is 0 Å². The van der Waals surface area contributed by atoms with E-state index in [9.17, 15) is 10.2 Å². The Hall–Kier alpha value is -0.340. The lowest BCUT2D eigenvalue weighted by molar-refractivity contribution is -0.0672. The molecule has 0 radical (unpaired) electrons. The van der Waals surface area contributed by atoms with Crippen LogP contribution >= 0.6 is 0 Å². The molecule has 0 spiro atoms. The third-order valence-corrected chi connectivity index (χ3v) is 7.43. The Kier molecular flexibility index (Phi) is 3.81. The van der Waals surface area contributed by atoms with E-state index in [-0.39, 0.29) is 11.8 Å². The van der Waals surface area contributed by atoms with Gasteiger partial charge in [0.25, 0.3) is 0 Å². The Morgan fingerprint density at radius 2 is 1.55 bits per heavy atom. The van der Waals surface area contributed by atoms with E-state index in [1.807, 2.05) is 13.8 Å². The summed E-state index contributed by atoms with van der Waals surface area (Å²) < 4.78 is 0. The van der Waals surface area contributed by atoms with Crippen LogP contribution in [0.2, 0.25) is 0 Å². The molecule has 0 amide bonds. The fraction of sp³-hybridized carbons (Fsp3) is 0.900. The highest BCUT2D eigenvalue weighted by molar-refractivity contribution is 5.19. The molecular formula is C20H34O2. The van der Waals surface area contributed by atoms with Gasteiger partial charge in [0.2, 0.25) is 0 Å². The fourth-order valence-corrected chi connectivity index (χ4v) is 6.09. The molecule has 0 aliphatic heterocycles. The second-order valence-electron chi connectivity index (χ2n) is 9.38. The predicted octanol–water partition coefficient (Wildman–Crippen LogP) is 4.31. The minimum absolute atomic E-state index is 0.280. The summed E-state index contributed by atoms with van der Waals surface area (Å²) in [4.78, 5) is 0. The lowest BCUT2D eigenvalue weighted by Gasteiger charge is -2.38. The Morgan fingerprint density at radius 1 is 0.955 bits per heavy atom. The van der Waals surface area contributed by atoms with E-state index in [0.29, 0.717) is 17.3 Å². The Balaban J connectivity index is 1.83. The minimum atomic E-state index is -0.587. The lowest BCUT2D eigenvalue weighted by atomic mass is 9.72. The highest BCUT2D eigenvalue weighted by Crippen LogP contribution is 2.73. The van der Waals surface area contributed by atoms with Crippen molar-refractivity contribution in [3.8, 4) is 0 Å². The van der Waals surface area contributed by atoms with Crippen LogP contribution in [0.1, 0.15) is 73.1 Å². The summed E-state index contributed by atoms with van der Waals surface area (Å²) in [5.74, 6) is 1.87. The van der Waals surface area contributed by atoms with Crippen LogP contribution in [0.5, 0.6) is 0 Å². The van der Waals surface area contributed by atoms with Gasteiger partial charge < -0.3 is 10.2 Å². The summed E-state index contributed by atoms with van der Waals surface area (Å²) in [5, 5.41) is 21.9. The highest BCUT2D eigenvalue weighted by Gasteiger charge is 2.70. The molecular weight excluding hydrogens is 272 g/mol. The number of fused-ring (bicyclic) bond motifs is 3. The van der Waals surface area contributed by atoms with Gasteiger partial charge in [0.15, 0.2) is 0 Å². The van der Waals surface area contributed by atoms with E-state index in [1.54, 1.807) is 0 Å². The van der Waals surface area contributed by atoms with Gasteiger partial charge in [-0.25, -0.2) is 0 Å². The molecule has 22 heavy (non-hydrogen) atoms. The van der Waals surface area contributed by atoms with Gasteiger partial charge in [0.05, 0.1) is 11.2 Å². The normalized spacial score (nSPS) is 53.4. The van der Waals surface area contributed by atoms with Crippen LogP contribution in [-0.2, 0) is 0 Å². The molecule has 3 aliphatic carbocycles. The van der Waals surface area contributed by atoms with Gasteiger partial charge in [0.1, 0.15) is 0 Å². The van der Waals surface area contributed by atoms with E-state index in [0.717, 1.165) is 32.1 Å². The van der Waals surface area contributed by atoms with E-state index >= 15 is 0 Å². The second-order valence-corrected chi connectivity index (χ2v) is 9.38. The monoisotopic (exact) mass is 306 g/mol. The third-order valence-electron chi connectivity index (χ3n) is 7.43. The van der Waals surface area contributed by atoms with Crippen LogP contribution in [-0.4, -0.2) is 21.4 Å². The van der Waals surface area contributed by atoms with Crippen molar-refractivity contribution in [2.45, 2.75) is 84.3 Å². The maximum atomic E-state index is 11.0. The van der Waals surface area contributed by atoms with Crippen LogP contribution in [0.3, 0.4) is 0 Å². The topological polar surface area (TPSA) is 40.5 Å². The van der Waals surface area contributed by atoms with Gasteiger partial charge >= 0.3 is 0 Å². The van der Waals surface area contributed by atoms with E-state index in [2.05, 4.69) is 26.8 Å². The predicted molar refractivity (Wildman–Crippen MR) is 90.4 cm³/mol. The smallest absolute Gasteiger partial charge is 0.0654 e. The zero-order valence-electron chi connectivity index (χ0n) is 15.0. The zero-order valence-corrected chi connectivity index (χ0v) is 15.0. The fourth-order valence-electron chi connectivity index (χ4n) is 6.09. The Labute approximate surface area is 136 Å². The maximum Gasteiger partial charge on any atom is 0.0654 e. The average Bonchev–Trinajstić information content (AvgIpc) is 2.84. The van der Waals surface area contributed by atoms with Gasteiger partial charge in [-0.3, -0.25) is 0 Å². The molecule has 0 unspecified atom stereocenters. The molecule has 2 nitrogen and oxygen atoms in total. The van der Waals surface area contributed by atoms with Gasteiger partial charge in [-0.1, -0.05) is 18.6 Å². The van der Waals surface area contributed by atoms with Crippen molar-refractivity contribution >= 4 is 0 Å². The first kappa shape index (κ1) is 16.5. The molecule has 0 heterocycles. The van der Waals surface area contributed by atoms with Crippen LogP contribution in [0.4, 0.5) is 0 Å². The Morgan fingerprint density at radius 3 is 2.18 bits per heavy atom. The second kappa shape index (κ2) is 5.08. The van der Waals surface area contributed by atoms with Gasteiger partial charge in [-0.05, 0) is 95.3 Å². The maximum absolute atomic E-state index is 11.0. The van der Waals surface area contributed by atoms with Crippen molar-refractivity contribution in [2.24, 2.45) is 29.1 Å². The van der Waals surface area contributed by atoms with Crippen molar-refractivity contribution < 1.29 is 10.2 Å². The van der Waals surface area contributed by atoms with Gasteiger partial charge in [-0.15, -0.1) is 0 Å². The summed E-state index contributed by atoms with van der Waals surface area (Å²) in [6.45, 7) is 10.8. The van der Waals surface area contributed by atoms with E-state index in [1.165, 1.54) is 12.0 Å². The summed E-state index contributed by atoms with van der Waals surface area (Å²) in [6.07, 6.45) is 8.61. The summed E-state index contributed by atoms with van der Waals surface area (Å²) in [7, 11) is 0. The first-order valence-electron chi connectivity index (χ1n) is 9.18. The van der Waals surface area contributed by atoms with Crippen molar-refractivity contribution in [2.75, 3.05) is 0 Å². The zero-order chi connectivity index (χ0) is 16.3. The third kappa shape index (κ3) is 2.47. The quantitative estimate of drug-likeness (QED) is 0.763. The summed E-state index contributed by atoms with van der Waals surface area (Å²) >= 11 is 0. The SMILES string of the molecule is CC(C)=CCC[C@]1(C)[C@H]2[C@H]3[C@H](CC[C@@]3(C)O)[C@](C)(O)CC[C@H]21.